The van der Waals surface area contributed by atoms with E-state index in [2.05, 4.69) is 27.7 Å². The van der Waals surface area contributed by atoms with Crippen LogP contribution in [0.2, 0.25) is 0 Å². The second-order valence-electron chi connectivity index (χ2n) is 5.93. The molecule has 0 amide bonds. The van der Waals surface area contributed by atoms with Gasteiger partial charge in [-0.1, -0.05) is 53.4 Å². The minimum atomic E-state index is -1.83. The molecule has 136 valence electrons. The summed E-state index contributed by atoms with van der Waals surface area (Å²) in [6.07, 6.45) is 9.23. The van der Waals surface area contributed by atoms with Crippen LogP contribution in [-0.4, -0.2) is 47.0 Å². The van der Waals surface area contributed by atoms with Crippen molar-refractivity contribution in [3.8, 4) is 0 Å². The van der Waals surface area contributed by atoms with Gasteiger partial charge < -0.3 is 31.7 Å². The Balaban J connectivity index is -0.000000640. The highest BCUT2D eigenvalue weighted by atomic mass is 79.9. The van der Waals surface area contributed by atoms with Gasteiger partial charge in [-0.05, 0) is 25.7 Å². The minimum Gasteiger partial charge on any atom is -1.00 e. The van der Waals surface area contributed by atoms with Gasteiger partial charge >= 0.3 is 6.16 Å². The number of hydrogen-bond donors (Lipinski definition) is 2. The molecule has 0 spiro atoms. The molecule has 0 unspecified atom stereocenters. The molecule has 0 bridgehead atoms. The van der Waals surface area contributed by atoms with E-state index in [1.54, 1.807) is 0 Å². The summed E-state index contributed by atoms with van der Waals surface area (Å²) < 4.78 is 1.42. The van der Waals surface area contributed by atoms with E-state index in [-0.39, 0.29) is 17.0 Å². The van der Waals surface area contributed by atoms with Crippen molar-refractivity contribution in [2.45, 2.75) is 79.1 Å². The van der Waals surface area contributed by atoms with Crippen molar-refractivity contribution >= 4 is 6.16 Å². The first-order chi connectivity index (χ1) is 9.97. The fourth-order valence-electron chi connectivity index (χ4n) is 2.64. The van der Waals surface area contributed by atoms with Crippen LogP contribution in [0.25, 0.3) is 0 Å². The Morgan fingerprint density at radius 2 is 0.864 bits per heavy atom. The molecule has 0 aliphatic heterocycles. The Kier molecular flexibility index (Phi) is 22.7. The summed E-state index contributed by atoms with van der Waals surface area (Å²) in [7, 11) is 0. The Morgan fingerprint density at radius 3 is 1.00 bits per heavy atom. The quantitative estimate of drug-likeness (QED) is 0.508. The first-order valence-electron chi connectivity index (χ1n) is 8.74. The average Bonchev–Trinajstić information content (AvgIpc) is 2.45. The van der Waals surface area contributed by atoms with E-state index in [0.717, 1.165) is 0 Å². The maximum atomic E-state index is 8.56. The first kappa shape index (κ1) is 26.6. The topological polar surface area (TPSA) is 57.5 Å². The Bertz CT molecular complexity index is 196. The number of carbonyl (C=O) groups is 1. The van der Waals surface area contributed by atoms with E-state index in [1.807, 2.05) is 0 Å². The number of quaternary nitrogens is 1. The summed E-state index contributed by atoms with van der Waals surface area (Å²) in [5, 5.41) is 13.9. The molecular weight excluding hydrogens is 346 g/mol. The lowest BCUT2D eigenvalue weighted by atomic mass is 10.1. The number of unbranched alkanes of at least 4 members (excludes halogenated alkanes) is 4. The van der Waals surface area contributed by atoms with Crippen molar-refractivity contribution in [1.29, 1.82) is 0 Å². The van der Waals surface area contributed by atoms with Gasteiger partial charge in [0.25, 0.3) is 0 Å². The molecule has 0 saturated carbocycles. The maximum Gasteiger partial charge on any atom is 0.503 e. The van der Waals surface area contributed by atoms with Crippen LogP contribution in [0.15, 0.2) is 0 Å². The number of rotatable bonds is 12. The van der Waals surface area contributed by atoms with Crippen LogP contribution in [0.5, 0.6) is 0 Å². The largest absolute Gasteiger partial charge is 1.00 e. The molecule has 0 radical (unpaired) electrons. The second-order valence-corrected chi connectivity index (χ2v) is 5.93. The molecule has 0 aromatic heterocycles. The summed E-state index contributed by atoms with van der Waals surface area (Å²) >= 11 is 0. The maximum absolute atomic E-state index is 8.56. The SMILES string of the molecule is CCCC[N+](CCCC)(CCCC)CCCC.O=C(O)O.[Br-]. The van der Waals surface area contributed by atoms with Crippen LogP contribution in [0, 0.1) is 0 Å². The molecule has 4 nitrogen and oxygen atoms in total. The Hall–Kier alpha value is -0.290. The van der Waals surface area contributed by atoms with Gasteiger partial charge in [0.15, 0.2) is 0 Å². The van der Waals surface area contributed by atoms with Crippen LogP contribution >= 0.6 is 0 Å². The molecule has 0 aromatic carbocycles. The van der Waals surface area contributed by atoms with Crippen molar-refractivity contribution in [3.63, 3.8) is 0 Å². The van der Waals surface area contributed by atoms with Crippen molar-refractivity contribution in [3.05, 3.63) is 0 Å². The molecule has 0 saturated heterocycles. The first-order valence-corrected chi connectivity index (χ1v) is 8.74. The molecule has 0 heterocycles. The normalized spacial score (nSPS) is 10.4. The Morgan fingerprint density at radius 1 is 0.682 bits per heavy atom. The molecule has 0 aromatic rings. The van der Waals surface area contributed by atoms with E-state index >= 15 is 0 Å². The van der Waals surface area contributed by atoms with E-state index in [4.69, 9.17) is 15.0 Å². The van der Waals surface area contributed by atoms with Crippen LogP contribution in [0.1, 0.15) is 79.1 Å². The Labute approximate surface area is 148 Å². The highest BCUT2D eigenvalue weighted by Gasteiger charge is 2.24. The third-order valence-electron chi connectivity index (χ3n) is 3.94. The molecule has 2 N–H and O–H groups in total. The van der Waals surface area contributed by atoms with Gasteiger partial charge in [-0.25, -0.2) is 4.79 Å². The molecule has 5 heteroatoms. The highest BCUT2D eigenvalue weighted by molar-refractivity contribution is 5.53. The summed E-state index contributed by atoms with van der Waals surface area (Å²) in [5.41, 5.74) is 0. The van der Waals surface area contributed by atoms with Gasteiger partial charge in [-0.15, -0.1) is 0 Å². The van der Waals surface area contributed by atoms with Crippen molar-refractivity contribution < 1.29 is 36.5 Å². The molecule has 0 aliphatic carbocycles. The predicted octanol–water partition coefficient (Wildman–Crippen LogP) is 2.23. The number of carboxylic acid groups (broad SMARTS) is 2. The van der Waals surface area contributed by atoms with Gasteiger partial charge in [0.2, 0.25) is 0 Å². The zero-order chi connectivity index (χ0) is 16.6. The van der Waals surface area contributed by atoms with Crippen molar-refractivity contribution in [2.24, 2.45) is 0 Å². The summed E-state index contributed by atoms with van der Waals surface area (Å²) in [5.74, 6) is 0. The van der Waals surface area contributed by atoms with Gasteiger partial charge in [-0.3, -0.25) is 0 Å². The number of hydrogen-bond acceptors (Lipinski definition) is 1. The van der Waals surface area contributed by atoms with Crippen LogP contribution in [0.3, 0.4) is 0 Å². The molecule has 0 fully saturated rings. The molecular formula is C17H38BrNO3. The van der Waals surface area contributed by atoms with E-state index in [1.165, 1.54) is 82.0 Å². The van der Waals surface area contributed by atoms with Crippen LogP contribution < -0.4 is 17.0 Å². The van der Waals surface area contributed by atoms with Crippen LogP contribution in [-0.2, 0) is 0 Å². The van der Waals surface area contributed by atoms with Gasteiger partial charge in [0, 0.05) is 0 Å². The lowest BCUT2D eigenvalue weighted by Crippen LogP contribution is -3.00. The van der Waals surface area contributed by atoms with Gasteiger partial charge in [-0.2, -0.15) is 0 Å². The van der Waals surface area contributed by atoms with Gasteiger partial charge in [0.05, 0.1) is 26.2 Å². The highest BCUT2D eigenvalue weighted by Crippen LogP contribution is 2.16. The van der Waals surface area contributed by atoms with Crippen molar-refractivity contribution in [2.75, 3.05) is 26.2 Å². The molecule has 0 aliphatic rings. The predicted molar refractivity (Wildman–Crippen MR) is 90.0 cm³/mol. The lowest BCUT2D eigenvalue weighted by Gasteiger charge is -2.39. The summed E-state index contributed by atoms with van der Waals surface area (Å²) in [4.78, 5) is 8.56. The van der Waals surface area contributed by atoms with E-state index in [9.17, 15) is 0 Å². The van der Waals surface area contributed by atoms with Gasteiger partial charge in [0.1, 0.15) is 0 Å². The zero-order valence-electron chi connectivity index (χ0n) is 15.1. The molecule has 0 rings (SSSR count). The third-order valence-corrected chi connectivity index (χ3v) is 3.94. The number of nitrogens with zero attached hydrogens (tertiary/aromatic N) is 1. The van der Waals surface area contributed by atoms with Crippen molar-refractivity contribution in [1.82, 2.24) is 0 Å². The zero-order valence-corrected chi connectivity index (χ0v) is 16.7. The number of halogens is 1. The average molecular weight is 384 g/mol. The molecule has 0 atom stereocenters. The van der Waals surface area contributed by atoms with E-state index < -0.39 is 6.16 Å². The fourth-order valence-corrected chi connectivity index (χ4v) is 2.64. The smallest absolute Gasteiger partial charge is 0.503 e. The lowest BCUT2D eigenvalue weighted by molar-refractivity contribution is -0.929. The van der Waals surface area contributed by atoms with Crippen LogP contribution in [0.4, 0.5) is 4.79 Å². The summed E-state index contributed by atoms with van der Waals surface area (Å²) in [6.45, 7) is 15.0. The minimum absolute atomic E-state index is 0. The third kappa shape index (κ3) is 17.8. The monoisotopic (exact) mass is 383 g/mol. The van der Waals surface area contributed by atoms with E-state index in [0.29, 0.717) is 0 Å². The fraction of sp³-hybridized carbons (Fsp3) is 0.941. The standard InChI is InChI=1S/C16H36N.CH2O3.BrH/c1-5-9-13-17(14-10-6-2,15-11-7-3)16-12-8-4;2-1(3)4;/h5-16H2,1-4H3;(H2,2,3,4);1H/q+1;;/p-1. The summed E-state index contributed by atoms with van der Waals surface area (Å²) in [6, 6.07) is 0. The second kappa shape index (κ2) is 18.8. The molecule has 22 heavy (non-hydrogen) atoms.